The van der Waals surface area contributed by atoms with Crippen molar-refractivity contribution in [2.24, 2.45) is 0 Å². The molecule has 2 saturated heterocycles. The molecular formula is C14H21N3O6. The number of carbonyl (C=O) groups is 4. The quantitative estimate of drug-likeness (QED) is 0.607. The molecule has 0 bridgehead atoms. The van der Waals surface area contributed by atoms with E-state index in [0.29, 0.717) is 31.8 Å². The maximum absolute atomic E-state index is 11.7. The van der Waals surface area contributed by atoms with Gasteiger partial charge in [-0.1, -0.05) is 6.42 Å². The zero-order valence-electron chi connectivity index (χ0n) is 12.7. The van der Waals surface area contributed by atoms with Gasteiger partial charge in [0.25, 0.3) is 0 Å². The maximum atomic E-state index is 11.7. The third-order valence-corrected chi connectivity index (χ3v) is 3.33. The van der Waals surface area contributed by atoms with E-state index in [1.807, 2.05) is 0 Å². The van der Waals surface area contributed by atoms with Gasteiger partial charge in [-0.15, -0.1) is 0 Å². The molecule has 128 valence electrons. The number of hydrogen-bond donors (Lipinski definition) is 3. The molecule has 2 fully saturated rings. The number of likely N-dealkylation sites (tertiary alicyclic amines) is 1. The number of piperidine rings is 1. The Morgan fingerprint density at radius 3 is 2.00 bits per heavy atom. The Morgan fingerprint density at radius 1 is 1.00 bits per heavy atom. The number of carboxylic acid groups (broad SMARTS) is 2. The number of nitrogens with zero attached hydrogens (tertiary/aromatic N) is 2. The van der Waals surface area contributed by atoms with Crippen molar-refractivity contribution in [1.29, 1.82) is 0 Å². The van der Waals surface area contributed by atoms with Crippen LogP contribution in [-0.2, 0) is 14.4 Å². The molecule has 2 aliphatic heterocycles. The third-order valence-electron chi connectivity index (χ3n) is 3.33. The summed E-state index contributed by atoms with van der Waals surface area (Å²) in [6.45, 7) is 3.48. The topological polar surface area (TPSA) is 127 Å². The summed E-state index contributed by atoms with van der Waals surface area (Å²) in [5, 5.41) is 18.3. The highest BCUT2D eigenvalue weighted by Gasteiger charge is 2.27. The molecule has 0 atom stereocenters. The Labute approximate surface area is 133 Å². The van der Waals surface area contributed by atoms with Crippen LogP contribution in [-0.4, -0.2) is 76.6 Å². The standard InChI is InChI=1S/C10H17N3O2.C4H4O4/c14-9(13-7-4-11-10(13)15)8-12-5-2-1-3-6-12;5-3(6)1-2-4(7)8/h1-8H2,(H,11,15);1-2H,(H,5,6)(H,7,8)/b;2-1-. The fraction of sp³-hybridized carbons (Fsp3) is 0.571. The van der Waals surface area contributed by atoms with Gasteiger partial charge in [0.05, 0.1) is 6.54 Å². The highest BCUT2D eigenvalue weighted by Crippen LogP contribution is 2.09. The Bertz CT molecular complexity index is 469. The summed E-state index contributed by atoms with van der Waals surface area (Å²) in [6.07, 6.45) is 4.71. The average Bonchev–Trinajstić information content (AvgIpc) is 2.93. The summed E-state index contributed by atoms with van der Waals surface area (Å²) < 4.78 is 0. The SMILES string of the molecule is O=C(CN1CCCCC1)N1CCNC1=O.O=C(O)/C=C\C(=O)O. The van der Waals surface area contributed by atoms with Crippen molar-refractivity contribution in [3.8, 4) is 0 Å². The van der Waals surface area contributed by atoms with E-state index in [1.165, 1.54) is 24.2 Å². The highest BCUT2D eigenvalue weighted by atomic mass is 16.4. The Kier molecular flexibility index (Phi) is 7.75. The molecule has 2 rings (SSSR count). The van der Waals surface area contributed by atoms with Crippen molar-refractivity contribution in [2.75, 3.05) is 32.7 Å². The Balaban J connectivity index is 0.000000284. The fourth-order valence-corrected chi connectivity index (χ4v) is 2.25. The molecule has 0 unspecified atom stereocenters. The number of aliphatic carboxylic acids is 2. The number of amides is 3. The number of carboxylic acids is 2. The number of urea groups is 1. The second-order valence-corrected chi connectivity index (χ2v) is 5.12. The third kappa shape index (κ3) is 7.41. The predicted octanol–water partition coefficient (Wildman–Crippen LogP) is -0.264. The van der Waals surface area contributed by atoms with Gasteiger partial charge in [0.2, 0.25) is 5.91 Å². The van der Waals surface area contributed by atoms with Crippen LogP contribution in [0.25, 0.3) is 0 Å². The molecule has 3 amide bonds. The van der Waals surface area contributed by atoms with Gasteiger partial charge in [0, 0.05) is 25.2 Å². The van der Waals surface area contributed by atoms with E-state index in [0.717, 1.165) is 13.1 Å². The van der Waals surface area contributed by atoms with Gasteiger partial charge in [-0.25, -0.2) is 14.4 Å². The van der Waals surface area contributed by atoms with Gasteiger partial charge >= 0.3 is 18.0 Å². The zero-order valence-corrected chi connectivity index (χ0v) is 12.7. The van der Waals surface area contributed by atoms with Gasteiger partial charge < -0.3 is 15.5 Å². The van der Waals surface area contributed by atoms with Crippen LogP contribution in [0.4, 0.5) is 4.79 Å². The molecule has 0 saturated carbocycles. The molecule has 23 heavy (non-hydrogen) atoms. The minimum Gasteiger partial charge on any atom is -0.478 e. The van der Waals surface area contributed by atoms with E-state index < -0.39 is 11.9 Å². The smallest absolute Gasteiger partial charge is 0.328 e. The largest absolute Gasteiger partial charge is 0.478 e. The van der Waals surface area contributed by atoms with Crippen LogP contribution in [0.15, 0.2) is 12.2 Å². The fourth-order valence-electron chi connectivity index (χ4n) is 2.25. The van der Waals surface area contributed by atoms with E-state index in [9.17, 15) is 19.2 Å². The van der Waals surface area contributed by atoms with Crippen LogP contribution in [0.1, 0.15) is 19.3 Å². The molecule has 0 radical (unpaired) electrons. The molecule has 0 aromatic heterocycles. The van der Waals surface area contributed by atoms with E-state index in [1.54, 1.807) is 0 Å². The first-order chi connectivity index (χ1) is 10.9. The molecule has 2 aliphatic rings. The van der Waals surface area contributed by atoms with Crippen molar-refractivity contribution in [3.05, 3.63) is 12.2 Å². The number of rotatable bonds is 4. The summed E-state index contributed by atoms with van der Waals surface area (Å²) in [6, 6.07) is -0.239. The molecule has 9 heteroatoms. The lowest BCUT2D eigenvalue weighted by Gasteiger charge is -2.26. The van der Waals surface area contributed by atoms with E-state index in [2.05, 4.69) is 10.2 Å². The van der Waals surface area contributed by atoms with Gasteiger partial charge in [0.15, 0.2) is 0 Å². The average molecular weight is 327 g/mol. The van der Waals surface area contributed by atoms with Crippen molar-refractivity contribution in [1.82, 2.24) is 15.1 Å². The molecule has 0 spiro atoms. The van der Waals surface area contributed by atoms with Crippen LogP contribution in [0.3, 0.4) is 0 Å². The van der Waals surface area contributed by atoms with Crippen molar-refractivity contribution < 1.29 is 29.4 Å². The van der Waals surface area contributed by atoms with Crippen molar-refractivity contribution in [3.63, 3.8) is 0 Å². The van der Waals surface area contributed by atoms with Crippen LogP contribution >= 0.6 is 0 Å². The minimum absolute atomic E-state index is 0.0631. The highest BCUT2D eigenvalue weighted by molar-refractivity contribution is 5.96. The molecule has 0 aromatic carbocycles. The summed E-state index contributed by atoms with van der Waals surface area (Å²) >= 11 is 0. The van der Waals surface area contributed by atoms with Gasteiger partial charge in [-0.3, -0.25) is 14.6 Å². The predicted molar refractivity (Wildman–Crippen MR) is 79.8 cm³/mol. The zero-order chi connectivity index (χ0) is 17.2. The second kappa shape index (κ2) is 9.57. The lowest BCUT2D eigenvalue weighted by molar-refractivity contribution is -0.134. The van der Waals surface area contributed by atoms with Crippen LogP contribution in [0, 0.1) is 0 Å². The minimum atomic E-state index is -1.26. The van der Waals surface area contributed by atoms with Crippen LogP contribution in [0.2, 0.25) is 0 Å². The number of hydrogen-bond acceptors (Lipinski definition) is 5. The molecular weight excluding hydrogens is 306 g/mol. The Hall–Kier alpha value is -2.42. The summed E-state index contributed by atoms with van der Waals surface area (Å²) in [4.78, 5) is 45.5. The first kappa shape index (κ1) is 18.6. The second-order valence-electron chi connectivity index (χ2n) is 5.12. The first-order valence-corrected chi connectivity index (χ1v) is 7.34. The van der Waals surface area contributed by atoms with Crippen LogP contribution < -0.4 is 5.32 Å². The van der Waals surface area contributed by atoms with Gasteiger partial charge in [-0.2, -0.15) is 0 Å². The van der Waals surface area contributed by atoms with Crippen molar-refractivity contribution in [2.45, 2.75) is 19.3 Å². The number of imide groups is 1. The lowest BCUT2D eigenvalue weighted by Crippen LogP contribution is -2.43. The van der Waals surface area contributed by atoms with Gasteiger partial charge in [-0.05, 0) is 25.9 Å². The van der Waals surface area contributed by atoms with Gasteiger partial charge in [0.1, 0.15) is 0 Å². The lowest BCUT2D eigenvalue weighted by atomic mass is 10.1. The summed E-state index contributed by atoms with van der Waals surface area (Å²) in [5.41, 5.74) is 0. The van der Waals surface area contributed by atoms with Crippen LogP contribution in [0.5, 0.6) is 0 Å². The van der Waals surface area contributed by atoms with E-state index in [-0.39, 0.29) is 11.9 Å². The Morgan fingerprint density at radius 2 is 1.57 bits per heavy atom. The monoisotopic (exact) mass is 327 g/mol. The normalized spacial score (nSPS) is 18.3. The number of carbonyl (C=O) groups excluding carboxylic acids is 2. The molecule has 0 aliphatic carbocycles. The number of nitrogens with one attached hydrogen (secondary N) is 1. The molecule has 9 nitrogen and oxygen atoms in total. The molecule has 2 heterocycles. The molecule has 3 N–H and O–H groups in total. The van der Waals surface area contributed by atoms with E-state index in [4.69, 9.17) is 10.2 Å². The van der Waals surface area contributed by atoms with Crippen molar-refractivity contribution >= 4 is 23.9 Å². The summed E-state index contributed by atoms with van der Waals surface area (Å²) in [7, 11) is 0. The first-order valence-electron chi connectivity index (χ1n) is 7.34. The maximum Gasteiger partial charge on any atom is 0.328 e. The van der Waals surface area contributed by atoms with E-state index >= 15 is 0 Å². The summed E-state index contributed by atoms with van der Waals surface area (Å²) in [5.74, 6) is -2.58. The molecule has 0 aromatic rings.